The molecule has 0 amide bonds. The first-order valence-electron chi connectivity index (χ1n) is 10.4. The molecule has 7 aromatic rings. The molecular formula is C26H10N8. The summed E-state index contributed by atoms with van der Waals surface area (Å²) in [4.78, 5) is 25.2. The number of benzene rings is 3. The SMILES string of the molecule is [C-]#[N+]/N=c1\c2cc3nccnc3cc2c2cc3/c(=N/C#N)c4cc5nccnc5cc4c3cc12. The van der Waals surface area contributed by atoms with E-state index in [0.29, 0.717) is 10.7 Å². The molecule has 5 aromatic carbocycles. The van der Waals surface area contributed by atoms with Crippen molar-refractivity contribution in [2.24, 2.45) is 10.1 Å². The lowest BCUT2D eigenvalue weighted by Gasteiger charge is -1.98. The number of hydrogen-bond donors (Lipinski definition) is 0. The van der Waals surface area contributed by atoms with Crippen LogP contribution >= 0.6 is 0 Å². The van der Waals surface area contributed by atoms with Gasteiger partial charge in [0.25, 0.3) is 0 Å². The average Bonchev–Trinajstić information content (AvgIpc) is 3.32. The number of hydrogen-bond acceptors (Lipinski definition) is 7. The first kappa shape index (κ1) is 18.3. The van der Waals surface area contributed by atoms with Gasteiger partial charge in [-0.3, -0.25) is 19.9 Å². The second-order valence-electron chi connectivity index (χ2n) is 7.94. The van der Waals surface area contributed by atoms with Crippen molar-refractivity contribution in [3.05, 3.63) is 83.4 Å². The van der Waals surface area contributed by atoms with Gasteiger partial charge in [0.1, 0.15) is 0 Å². The first-order valence-corrected chi connectivity index (χ1v) is 10.4. The van der Waals surface area contributed by atoms with Crippen molar-refractivity contribution in [1.29, 1.82) is 5.26 Å². The highest BCUT2D eigenvalue weighted by Crippen LogP contribution is 2.34. The zero-order valence-corrected chi connectivity index (χ0v) is 17.4. The molecule has 0 spiro atoms. The van der Waals surface area contributed by atoms with Crippen molar-refractivity contribution in [2.75, 3.05) is 0 Å². The molecule has 34 heavy (non-hydrogen) atoms. The summed E-state index contributed by atoms with van der Waals surface area (Å²) in [6, 6.07) is 11.8. The lowest BCUT2D eigenvalue weighted by atomic mass is 10.1. The Balaban J connectivity index is 1.76. The van der Waals surface area contributed by atoms with Crippen LogP contribution in [0.4, 0.5) is 0 Å². The molecule has 0 atom stereocenters. The van der Waals surface area contributed by atoms with Gasteiger partial charge in [-0.1, -0.05) is 0 Å². The molecule has 7 rings (SSSR count). The Morgan fingerprint density at radius 1 is 0.588 bits per heavy atom. The lowest BCUT2D eigenvalue weighted by molar-refractivity contribution is 1.30. The van der Waals surface area contributed by atoms with E-state index in [2.05, 4.69) is 35.0 Å². The van der Waals surface area contributed by atoms with Crippen LogP contribution in [0, 0.1) is 18.0 Å². The molecule has 0 unspecified atom stereocenters. The van der Waals surface area contributed by atoms with Crippen LogP contribution in [0.5, 0.6) is 0 Å². The predicted molar refractivity (Wildman–Crippen MR) is 128 cm³/mol. The number of nitrogens with zero attached hydrogens (tertiary/aromatic N) is 8. The summed E-state index contributed by atoms with van der Waals surface area (Å²) in [5.74, 6) is 0. The molecule has 2 heterocycles. The third-order valence-corrected chi connectivity index (χ3v) is 6.29. The highest BCUT2D eigenvalue weighted by molar-refractivity contribution is 6.23. The number of aromatic nitrogens is 4. The van der Waals surface area contributed by atoms with E-state index in [1.165, 1.54) is 0 Å². The maximum absolute atomic E-state index is 9.44. The minimum atomic E-state index is 0.598. The van der Waals surface area contributed by atoms with Gasteiger partial charge < -0.3 is 0 Å². The zero-order valence-electron chi connectivity index (χ0n) is 17.4. The predicted octanol–water partition coefficient (Wildman–Crippen LogP) is 4.18. The second kappa shape index (κ2) is 6.58. The molecular weight excluding hydrogens is 424 g/mol. The normalized spacial score (nSPS) is 13.0. The van der Waals surface area contributed by atoms with Gasteiger partial charge in [0.15, 0.2) is 5.36 Å². The molecule has 8 nitrogen and oxygen atoms in total. The summed E-state index contributed by atoms with van der Waals surface area (Å²) >= 11 is 0. The third-order valence-electron chi connectivity index (χ3n) is 6.29. The zero-order chi connectivity index (χ0) is 22.8. The van der Waals surface area contributed by atoms with E-state index in [4.69, 9.17) is 6.57 Å². The maximum Gasteiger partial charge on any atom is 0.206 e. The molecule has 8 heteroatoms. The minimum absolute atomic E-state index is 0.598. The molecule has 2 aromatic heterocycles. The fourth-order valence-corrected chi connectivity index (χ4v) is 4.91. The number of rotatable bonds is 0. The Labute approximate surface area is 190 Å². The highest BCUT2D eigenvalue weighted by atomic mass is 15.2. The fourth-order valence-electron chi connectivity index (χ4n) is 4.91. The molecule has 0 radical (unpaired) electrons. The summed E-state index contributed by atoms with van der Waals surface area (Å²) in [5.41, 5.74) is 2.99. The standard InChI is InChI=1S/C26H10N8/c1-28-34-26-18-7-13-15-8-21-23(31-4-2-29-21)10-19(15)25(33-12-27)17(13)6-14(18)16-9-22-24(11-20(16)26)32-5-3-30-22/h2-11H/b33-25-,34-26-. The van der Waals surface area contributed by atoms with Crippen LogP contribution in [-0.2, 0) is 0 Å². The van der Waals surface area contributed by atoms with Crippen LogP contribution < -0.4 is 10.7 Å². The van der Waals surface area contributed by atoms with Crippen molar-refractivity contribution < 1.29 is 0 Å². The largest absolute Gasteiger partial charge is 0.253 e. The van der Waals surface area contributed by atoms with Crippen LogP contribution in [0.25, 0.3) is 70.1 Å². The van der Waals surface area contributed by atoms with Crippen LogP contribution in [0.3, 0.4) is 0 Å². The van der Waals surface area contributed by atoms with Gasteiger partial charge in [-0.2, -0.15) is 16.8 Å². The first-order chi connectivity index (χ1) is 16.8. The van der Waals surface area contributed by atoms with E-state index in [1.807, 2.05) is 42.6 Å². The van der Waals surface area contributed by atoms with Gasteiger partial charge in [-0.25, -0.2) is 0 Å². The van der Waals surface area contributed by atoms with Crippen LogP contribution in [-0.4, -0.2) is 19.9 Å². The molecule has 0 fully saturated rings. The van der Waals surface area contributed by atoms with Crippen LogP contribution in [0.1, 0.15) is 0 Å². The van der Waals surface area contributed by atoms with Crippen molar-refractivity contribution in [3.63, 3.8) is 0 Å². The van der Waals surface area contributed by atoms with E-state index in [1.54, 1.807) is 24.8 Å². The highest BCUT2D eigenvalue weighted by Gasteiger charge is 2.18. The third kappa shape index (κ3) is 2.34. The van der Waals surface area contributed by atoms with Gasteiger partial charge in [0, 0.05) is 46.3 Å². The summed E-state index contributed by atoms with van der Waals surface area (Å²) in [6.45, 7) is 7.40. The van der Waals surface area contributed by atoms with Crippen molar-refractivity contribution >= 4 is 65.2 Å². The lowest BCUT2D eigenvalue weighted by Crippen LogP contribution is -1.99. The smallest absolute Gasteiger partial charge is 0.206 e. The Kier molecular flexibility index (Phi) is 3.53. The topological polar surface area (TPSA) is 104 Å². The Hall–Kier alpha value is -5.34. The van der Waals surface area contributed by atoms with E-state index in [-0.39, 0.29) is 0 Å². The summed E-state index contributed by atoms with van der Waals surface area (Å²) in [5, 5.41) is 21.8. The molecule has 0 aliphatic carbocycles. The molecule has 0 N–H and O–H groups in total. The number of nitriles is 1. The van der Waals surface area contributed by atoms with Crippen LogP contribution in [0.15, 0.2) is 71.3 Å². The van der Waals surface area contributed by atoms with Gasteiger partial charge in [0.2, 0.25) is 6.19 Å². The number of fused-ring (bicyclic) bond motifs is 8. The van der Waals surface area contributed by atoms with Crippen molar-refractivity contribution in [3.8, 4) is 6.19 Å². The quantitative estimate of drug-likeness (QED) is 0.202. The van der Waals surface area contributed by atoms with Crippen LogP contribution in [0.2, 0.25) is 0 Å². The van der Waals surface area contributed by atoms with E-state index in [9.17, 15) is 5.26 Å². The summed E-state index contributed by atoms with van der Waals surface area (Å²) in [6.07, 6.45) is 8.55. The van der Waals surface area contributed by atoms with E-state index >= 15 is 0 Å². The Morgan fingerprint density at radius 2 is 0.971 bits per heavy atom. The van der Waals surface area contributed by atoms with Gasteiger partial charge >= 0.3 is 0 Å². The Bertz CT molecular complexity index is 2040. The molecule has 0 aliphatic rings. The van der Waals surface area contributed by atoms with Gasteiger partial charge in [0.05, 0.1) is 32.5 Å². The molecule has 154 valence electrons. The molecule has 0 aliphatic heterocycles. The summed E-state index contributed by atoms with van der Waals surface area (Å²) < 4.78 is 0. The summed E-state index contributed by atoms with van der Waals surface area (Å²) in [7, 11) is 0. The van der Waals surface area contributed by atoms with Crippen molar-refractivity contribution in [2.45, 2.75) is 0 Å². The Morgan fingerprint density at radius 3 is 1.44 bits per heavy atom. The van der Waals surface area contributed by atoms with E-state index in [0.717, 1.165) is 65.2 Å². The van der Waals surface area contributed by atoms with E-state index < -0.39 is 0 Å². The van der Waals surface area contributed by atoms with Gasteiger partial charge in [-0.15, -0.1) is 4.95 Å². The molecule has 0 saturated heterocycles. The van der Waals surface area contributed by atoms with Crippen molar-refractivity contribution in [1.82, 2.24) is 19.9 Å². The second-order valence-corrected chi connectivity index (χ2v) is 7.94. The molecule has 0 bridgehead atoms. The fraction of sp³-hybridized carbons (Fsp3) is 0. The van der Waals surface area contributed by atoms with Gasteiger partial charge in [-0.05, 0) is 57.9 Å². The molecule has 0 saturated carbocycles. The monoisotopic (exact) mass is 434 g/mol. The maximum atomic E-state index is 9.44. The minimum Gasteiger partial charge on any atom is -0.253 e. The average molecular weight is 434 g/mol.